The highest BCUT2D eigenvalue weighted by atomic mass is 14.3. The topological polar surface area (TPSA) is 47.6 Å². The van der Waals surface area contributed by atoms with Gasteiger partial charge in [-0.3, -0.25) is 0 Å². The Morgan fingerprint density at radius 2 is 1.82 bits per heavy atom. The van der Waals surface area contributed by atoms with Gasteiger partial charge in [-0.2, -0.15) is 10.5 Å². The van der Waals surface area contributed by atoms with E-state index in [0.717, 1.165) is 0 Å². The number of nitriles is 2. The summed E-state index contributed by atoms with van der Waals surface area (Å²) in [7, 11) is 0. The third kappa shape index (κ3) is 4.59. The van der Waals surface area contributed by atoms with Gasteiger partial charge >= 0.3 is 0 Å². The quantitative estimate of drug-likeness (QED) is 0.406. The van der Waals surface area contributed by atoms with Crippen molar-refractivity contribution in [2.75, 3.05) is 0 Å². The second kappa shape index (κ2) is 6.22. The monoisotopic (exact) mass is 142 g/mol. The molecule has 0 saturated heterocycles. The van der Waals surface area contributed by atoms with Gasteiger partial charge < -0.3 is 0 Å². The van der Waals surface area contributed by atoms with E-state index in [1.807, 2.05) is 0 Å². The predicted molar refractivity (Wildman–Crippen MR) is 40.6 cm³/mol. The molecular weight excluding hydrogens is 136 g/mol. The van der Waals surface area contributed by atoms with Gasteiger partial charge in [0.2, 0.25) is 0 Å². The smallest absolute Gasteiger partial charge is 0.193 e. The zero-order chi connectivity index (χ0) is 8.53. The summed E-state index contributed by atoms with van der Waals surface area (Å²) < 4.78 is 0. The Morgan fingerprint density at radius 3 is 2.27 bits per heavy atom. The Labute approximate surface area is 66.4 Å². The highest BCUT2D eigenvalue weighted by Crippen LogP contribution is 1.89. The number of unbranched alkanes of at least 4 members (excludes halogenated alkanes) is 1. The van der Waals surface area contributed by atoms with Crippen LogP contribution in [-0.2, 0) is 0 Å². The van der Waals surface area contributed by atoms with Gasteiger partial charge in [-0.1, -0.05) is 11.8 Å². The molecule has 0 rings (SSSR count). The van der Waals surface area contributed by atoms with Crippen molar-refractivity contribution >= 4 is 0 Å². The Balaban J connectivity index is 3.82. The van der Waals surface area contributed by atoms with Crippen LogP contribution in [0.3, 0.4) is 0 Å². The molecule has 0 amide bonds. The molecule has 52 valence electrons. The summed E-state index contributed by atoms with van der Waals surface area (Å²) in [6, 6.07) is 3.48. The standard InChI is InChI=1S/C9H6N2/c1-2-3-4-5-6-9(7-10)8-11/h1,9H,3-4H2. The molecule has 0 heterocycles. The summed E-state index contributed by atoms with van der Waals surface area (Å²) in [6.07, 6.45) is 6.08. The maximum Gasteiger partial charge on any atom is 0.193 e. The van der Waals surface area contributed by atoms with Crippen molar-refractivity contribution in [3.63, 3.8) is 0 Å². The van der Waals surface area contributed by atoms with Crippen molar-refractivity contribution in [1.82, 2.24) is 0 Å². The molecule has 0 aromatic heterocycles. The molecule has 11 heavy (non-hydrogen) atoms. The number of terminal acetylenes is 1. The lowest BCUT2D eigenvalue weighted by Gasteiger charge is -1.80. The van der Waals surface area contributed by atoms with E-state index in [1.54, 1.807) is 12.1 Å². The van der Waals surface area contributed by atoms with E-state index in [1.165, 1.54) is 0 Å². The van der Waals surface area contributed by atoms with Crippen LogP contribution in [0.15, 0.2) is 0 Å². The molecule has 0 N–H and O–H groups in total. The van der Waals surface area contributed by atoms with Gasteiger partial charge in [0.25, 0.3) is 0 Å². The molecule has 0 saturated carbocycles. The van der Waals surface area contributed by atoms with Crippen LogP contribution in [-0.4, -0.2) is 0 Å². The van der Waals surface area contributed by atoms with Crippen molar-refractivity contribution in [3.8, 4) is 36.3 Å². The largest absolute Gasteiger partial charge is 0.196 e. The lowest BCUT2D eigenvalue weighted by atomic mass is 10.2. The van der Waals surface area contributed by atoms with Crippen LogP contribution in [0.4, 0.5) is 0 Å². The van der Waals surface area contributed by atoms with E-state index in [9.17, 15) is 0 Å². The first-order chi connectivity index (χ1) is 5.35. The Hall–Kier alpha value is -1.90. The van der Waals surface area contributed by atoms with Gasteiger partial charge in [0.1, 0.15) is 0 Å². The molecule has 0 spiro atoms. The molecule has 0 radical (unpaired) electrons. The van der Waals surface area contributed by atoms with Crippen LogP contribution in [0, 0.1) is 52.8 Å². The van der Waals surface area contributed by atoms with Gasteiger partial charge in [-0.25, -0.2) is 0 Å². The average Bonchev–Trinajstić information content (AvgIpc) is 2.05. The minimum atomic E-state index is -0.812. The average molecular weight is 142 g/mol. The molecule has 0 aromatic rings. The van der Waals surface area contributed by atoms with E-state index in [2.05, 4.69) is 17.8 Å². The van der Waals surface area contributed by atoms with E-state index < -0.39 is 5.92 Å². The zero-order valence-electron chi connectivity index (χ0n) is 5.96. The molecule has 0 unspecified atom stereocenters. The molecule has 0 aliphatic heterocycles. The van der Waals surface area contributed by atoms with E-state index in [4.69, 9.17) is 16.9 Å². The Kier molecular flexibility index (Phi) is 5.15. The van der Waals surface area contributed by atoms with Crippen LogP contribution >= 0.6 is 0 Å². The first kappa shape index (κ1) is 9.10. The summed E-state index contributed by atoms with van der Waals surface area (Å²) >= 11 is 0. The van der Waals surface area contributed by atoms with Gasteiger partial charge in [0, 0.05) is 12.8 Å². The first-order valence-corrected chi connectivity index (χ1v) is 3.06. The van der Waals surface area contributed by atoms with Crippen molar-refractivity contribution in [1.29, 1.82) is 10.5 Å². The minimum Gasteiger partial charge on any atom is -0.196 e. The van der Waals surface area contributed by atoms with Crippen LogP contribution in [0.5, 0.6) is 0 Å². The molecule has 0 atom stereocenters. The van der Waals surface area contributed by atoms with Crippen LogP contribution in [0.25, 0.3) is 0 Å². The lowest BCUT2D eigenvalue weighted by Crippen LogP contribution is -1.85. The van der Waals surface area contributed by atoms with Crippen LogP contribution in [0.1, 0.15) is 12.8 Å². The highest BCUT2D eigenvalue weighted by Gasteiger charge is 1.95. The Bertz CT molecular complexity index is 271. The second-order valence-corrected chi connectivity index (χ2v) is 1.72. The molecular formula is C9H6N2. The lowest BCUT2D eigenvalue weighted by molar-refractivity contribution is 1.09. The Morgan fingerprint density at radius 1 is 1.18 bits per heavy atom. The molecule has 0 fully saturated rings. The normalized spacial score (nSPS) is 6.73. The van der Waals surface area contributed by atoms with Crippen molar-refractivity contribution in [2.24, 2.45) is 5.92 Å². The molecule has 2 nitrogen and oxygen atoms in total. The fourth-order valence-corrected chi connectivity index (χ4v) is 0.402. The molecule has 0 aromatic carbocycles. The zero-order valence-corrected chi connectivity index (χ0v) is 5.96. The maximum absolute atomic E-state index is 8.27. The molecule has 0 aliphatic rings. The van der Waals surface area contributed by atoms with E-state index >= 15 is 0 Å². The van der Waals surface area contributed by atoms with Crippen molar-refractivity contribution < 1.29 is 0 Å². The summed E-state index contributed by atoms with van der Waals surface area (Å²) in [5.41, 5.74) is 0. The minimum absolute atomic E-state index is 0.552. The van der Waals surface area contributed by atoms with Crippen LogP contribution in [0.2, 0.25) is 0 Å². The SMILES string of the molecule is C#CCCC#CC(C#N)C#N. The van der Waals surface area contributed by atoms with E-state index in [0.29, 0.717) is 12.8 Å². The number of hydrogen-bond donors (Lipinski definition) is 0. The first-order valence-electron chi connectivity index (χ1n) is 3.06. The van der Waals surface area contributed by atoms with Crippen molar-refractivity contribution in [3.05, 3.63) is 0 Å². The number of hydrogen-bond acceptors (Lipinski definition) is 2. The van der Waals surface area contributed by atoms with Gasteiger partial charge in [0.15, 0.2) is 5.92 Å². The second-order valence-electron chi connectivity index (χ2n) is 1.72. The van der Waals surface area contributed by atoms with Gasteiger partial charge in [-0.05, 0) is 0 Å². The van der Waals surface area contributed by atoms with Gasteiger partial charge in [-0.15, -0.1) is 12.3 Å². The van der Waals surface area contributed by atoms with Gasteiger partial charge in [0.05, 0.1) is 12.1 Å². The molecule has 2 heteroatoms. The summed E-state index contributed by atoms with van der Waals surface area (Å²) in [5.74, 6) is 6.73. The molecule has 0 bridgehead atoms. The van der Waals surface area contributed by atoms with Crippen LogP contribution < -0.4 is 0 Å². The fourth-order valence-electron chi connectivity index (χ4n) is 0.402. The van der Waals surface area contributed by atoms with E-state index in [-0.39, 0.29) is 0 Å². The summed E-state index contributed by atoms with van der Waals surface area (Å²) in [6.45, 7) is 0. The maximum atomic E-state index is 8.27. The number of rotatable bonds is 1. The highest BCUT2D eigenvalue weighted by molar-refractivity contribution is 5.20. The summed E-state index contributed by atoms with van der Waals surface area (Å²) in [5, 5.41) is 16.5. The predicted octanol–water partition coefficient (Wildman–Crippen LogP) is 1.07. The number of nitrogens with zero attached hydrogens (tertiary/aromatic N) is 2. The molecule has 0 aliphatic carbocycles. The third-order valence-electron chi connectivity index (χ3n) is 0.899. The van der Waals surface area contributed by atoms with Crippen molar-refractivity contribution in [2.45, 2.75) is 12.8 Å². The fraction of sp³-hybridized carbons (Fsp3) is 0.333. The summed E-state index contributed by atoms with van der Waals surface area (Å²) in [4.78, 5) is 0. The third-order valence-corrected chi connectivity index (χ3v) is 0.899.